The van der Waals surface area contributed by atoms with E-state index >= 15 is 0 Å². The van der Waals surface area contributed by atoms with Gasteiger partial charge in [-0.05, 0) is 0 Å². The fourth-order valence-electron chi connectivity index (χ4n) is 8.38. The van der Waals surface area contributed by atoms with E-state index in [0.29, 0.717) is 0 Å². The monoisotopic (exact) mass is 773 g/mol. The van der Waals surface area contributed by atoms with Crippen LogP contribution in [0.2, 0.25) is 0 Å². The van der Waals surface area contributed by atoms with Crippen molar-refractivity contribution >= 4 is 21.5 Å². The van der Waals surface area contributed by atoms with Gasteiger partial charge in [-0.3, -0.25) is 0 Å². The average molecular weight is 775 g/mol. The summed E-state index contributed by atoms with van der Waals surface area (Å²) in [5, 5.41) is -0.299. The van der Waals surface area contributed by atoms with Crippen LogP contribution in [0.5, 0.6) is 5.75 Å². The van der Waals surface area contributed by atoms with Gasteiger partial charge in [-0.25, -0.2) is 0 Å². The quantitative estimate of drug-likeness (QED) is 0.102. The molecular weight excluding hydrogens is 732 g/mol. The summed E-state index contributed by atoms with van der Waals surface area (Å²) < 4.78 is 6.22. The second kappa shape index (κ2) is 15.6. The van der Waals surface area contributed by atoms with Crippen molar-refractivity contribution in [2.75, 3.05) is 12.0 Å². The molecule has 273 valence electrons. The molecule has 0 saturated heterocycles. The van der Waals surface area contributed by atoms with E-state index in [4.69, 9.17) is 14.8 Å². The van der Waals surface area contributed by atoms with Gasteiger partial charge in [0.2, 0.25) is 0 Å². The maximum atomic E-state index is 7.13. The van der Waals surface area contributed by atoms with Crippen molar-refractivity contribution in [2.45, 2.75) is 37.7 Å². The van der Waals surface area contributed by atoms with Crippen molar-refractivity contribution in [3.8, 4) is 5.75 Å². The van der Waals surface area contributed by atoms with Crippen LogP contribution in [0.15, 0.2) is 176 Å². The molecule has 1 atom stereocenters. The van der Waals surface area contributed by atoms with Crippen molar-refractivity contribution in [1.82, 2.24) is 4.90 Å². The number of ether oxygens (including phenoxy) is 1. The number of allylic oxidation sites excluding steroid dienone is 3. The first kappa shape index (κ1) is 35.8. The summed E-state index contributed by atoms with van der Waals surface area (Å²) >= 11 is 1.45. The maximum absolute atomic E-state index is 7.13. The van der Waals surface area contributed by atoms with Gasteiger partial charge < -0.3 is 0 Å². The summed E-state index contributed by atoms with van der Waals surface area (Å²) in [5.74, 6) is 0.597. The second-order valence-electron chi connectivity index (χ2n) is 14.0. The van der Waals surface area contributed by atoms with Gasteiger partial charge >= 0.3 is 332 Å². The average Bonchev–Trinajstić information content (AvgIpc) is 3.58. The molecule has 3 nitrogen and oxygen atoms in total. The molecule has 0 bridgehead atoms. The third kappa shape index (κ3) is 6.71. The van der Waals surface area contributed by atoms with Gasteiger partial charge in [0.1, 0.15) is 0 Å². The minimum atomic E-state index is -0.299. The molecule has 0 saturated carbocycles. The number of aryl methyl sites for hydroxylation is 3. The van der Waals surface area contributed by atoms with E-state index < -0.39 is 0 Å². The van der Waals surface area contributed by atoms with Crippen LogP contribution in [0, 0.1) is 20.8 Å². The molecule has 2 heterocycles. The van der Waals surface area contributed by atoms with Crippen molar-refractivity contribution < 1.29 is 18.8 Å². The van der Waals surface area contributed by atoms with Crippen molar-refractivity contribution in [3.05, 3.63) is 231 Å². The number of nitrogens with zero attached hydrogens (tertiary/aromatic N) is 2. The Balaban J connectivity index is 1.43. The minimum absolute atomic E-state index is 0.105. The van der Waals surface area contributed by atoms with Crippen molar-refractivity contribution in [3.63, 3.8) is 0 Å². The Kier molecular flexibility index (Phi) is 10.3. The van der Waals surface area contributed by atoms with E-state index in [2.05, 4.69) is 201 Å². The summed E-state index contributed by atoms with van der Waals surface area (Å²) in [6.45, 7) is 6.58. The van der Waals surface area contributed by atoms with Crippen molar-refractivity contribution in [2.24, 2.45) is 0 Å². The van der Waals surface area contributed by atoms with Gasteiger partial charge in [0.15, 0.2) is 0 Å². The third-order valence-corrected chi connectivity index (χ3v) is 11.7. The Morgan fingerprint density at radius 3 is 1.48 bits per heavy atom. The van der Waals surface area contributed by atoms with Gasteiger partial charge in [-0.1, -0.05) is 0 Å². The molecule has 6 aromatic carbocycles. The summed E-state index contributed by atoms with van der Waals surface area (Å²) in [5.41, 5.74) is 15.4. The summed E-state index contributed by atoms with van der Waals surface area (Å²) in [6.07, 6.45) is 8.88. The first-order valence-electron chi connectivity index (χ1n) is 18.3. The molecule has 54 heavy (non-hydrogen) atoms. The zero-order valence-electron chi connectivity index (χ0n) is 30.9. The standard InChI is InChI=1S/C49H43N2O.ClH.Cu/c1-34-28-35(2)46(36(3)29-34)45-27-17-26-41-32-50(33-51(41)45)49-43(47(37-18-9-5-10-19-37)38-20-11-6-12-21-38)30-42(52-4)31-44(49)48(39-22-13-7-14-23-39)40-24-15-8-16-25-40;;/h5-33,47-48H,1-4H3;1H;/q;;+1/p-1. The molecular formula is C49H43ClCuN2O. The number of anilines is 1. The first-order valence-corrected chi connectivity index (χ1v) is 20.2. The molecule has 0 fully saturated rings. The molecule has 2 aliphatic rings. The number of methoxy groups -OCH3 is 1. The topological polar surface area (TPSA) is 15.7 Å². The van der Waals surface area contributed by atoms with Crippen LogP contribution >= 0.6 is 10.1 Å². The number of fused-ring (bicyclic) bond motifs is 1. The number of hydrogen-bond acceptors (Lipinski definition) is 3. The van der Waals surface area contributed by atoms with Gasteiger partial charge in [0.05, 0.1) is 0 Å². The second-order valence-corrected chi connectivity index (χ2v) is 15.3. The Morgan fingerprint density at radius 1 is 0.630 bits per heavy atom. The molecule has 0 aliphatic carbocycles. The molecule has 0 spiro atoms. The summed E-state index contributed by atoms with van der Waals surface area (Å²) in [7, 11) is 8.90. The number of halogens is 1. The molecule has 1 unspecified atom stereocenters. The Labute approximate surface area is 330 Å². The Bertz CT molecular complexity index is 2150. The van der Waals surface area contributed by atoms with Gasteiger partial charge in [-0.2, -0.15) is 0 Å². The predicted molar refractivity (Wildman–Crippen MR) is 220 cm³/mol. The van der Waals surface area contributed by atoms with Crippen LogP contribution in [0.4, 0.5) is 5.69 Å². The number of hydrogen-bond donors (Lipinski definition) is 0. The van der Waals surface area contributed by atoms with Gasteiger partial charge in [0, 0.05) is 0 Å². The Morgan fingerprint density at radius 2 is 1.07 bits per heavy atom. The van der Waals surface area contributed by atoms with E-state index in [1.165, 1.54) is 58.6 Å². The van der Waals surface area contributed by atoms with E-state index in [-0.39, 0.29) is 16.9 Å². The van der Waals surface area contributed by atoms with E-state index in [0.717, 1.165) is 34.0 Å². The molecule has 0 N–H and O–H groups in total. The zero-order valence-corrected chi connectivity index (χ0v) is 32.6. The molecule has 0 aromatic heterocycles. The fraction of sp³-hybridized carbons (Fsp3) is 0.143. The molecule has 2 aliphatic heterocycles. The molecule has 0 amide bonds. The number of benzene rings is 6. The van der Waals surface area contributed by atoms with E-state index in [1.54, 1.807) is 7.11 Å². The molecule has 0 radical (unpaired) electrons. The normalized spacial score (nSPS) is 15.1. The van der Waals surface area contributed by atoms with Crippen LogP contribution in [0.1, 0.15) is 67.5 Å². The summed E-state index contributed by atoms with van der Waals surface area (Å²) in [6, 6.07) is 52.3. The summed E-state index contributed by atoms with van der Waals surface area (Å²) in [4.78, 5) is 4.81. The zero-order chi connectivity index (χ0) is 37.2. The van der Waals surface area contributed by atoms with Crippen LogP contribution in [-0.2, 0) is 14.0 Å². The number of rotatable bonds is 10. The molecule has 6 aromatic rings. The van der Waals surface area contributed by atoms with Crippen LogP contribution < -0.4 is 9.64 Å². The van der Waals surface area contributed by atoms with E-state index in [1.807, 2.05) is 0 Å². The fourth-order valence-corrected chi connectivity index (χ4v) is 9.54. The van der Waals surface area contributed by atoms with Crippen molar-refractivity contribution in [1.29, 1.82) is 0 Å². The first-order chi connectivity index (χ1) is 26.5. The Hall–Kier alpha value is -5.25. The van der Waals surface area contributed by atoms with Gasteiger partial charge in [-0.15, -0.1) is 0 Å². The van der Waals surface area contributed by atoms with Gasteiger partial charge in [0.25, 0.3) is 0 Å². The van der Waals surface area contributed by atoms with E-state index in [9.17, 15) is 0 Å². The SMILES string of the molecule is COc1cc(C(c2ccccc2)c2ccccc2)c(N2C=C3C=CC=C(c4c(C)cc(C)cc4C)N3[CH]2[Cu][Cl])c(C(c2ccccc2)c2ccccc2)c1. The van der Waals surface area contributed by atoms with Crippen LogP contribution in [0.25, 0.3) is 5.70 Å². The third-order valence-electron chi connectivity index (χ3n) is 10.5. The predicted octanol–water partition coefficient (Wildman–Crippen LogP) is 12.1. The molecule has 8 rings (SSSR count). The molecule has 5 heteroatoms. The van der Waals surface area contributed by atoms with Crippen LogP contribution in [0.3, 0.4) is 0 Å². The van der Waals surface area contributed by atoms with Crippen LogP contribution in [-0.4, -0.2) is 17.1 Å².